The van der Waals surface area contributed by atoms with Gasteiger partial charge in [0.05, 0.1) is 6.61 Å². The minimum absolute atomic E-state index is 0.115. The summed E-state index contributed by atoms with van der Waals surface area (Å²) in [5, 5.41) is 9.91. The lowest BCUT2D eigenvalue weighted by Gasteiger charge is -2.15. The smallest absolute Gasteiger partial charge is 0.162 e. The zero-order valence-electron chi connectivity index (χ0n) is 9.36. The van der Waals surface area contributed by atoms with E-state index in [0.29, 0.717) is 12.4 Å². The first kappa shape index (κ1) is 11.9. The van der Waals surface area contributed by atoms with E-state index in [1.807, 2.05) is 19.1 Å². The fourth-order valence-corrected chi connectivity index (χ4v) is 1.58. The van der Waals surface area contributed by atoms with Crippen LogP contribution in [0.15, 0.2) is 18.2 Å². The minimum Gasteiger partial charge on any atom is -0.504 e. The molecule has 84 valence electrons. The molecule has 0 unspecified atom stereocenters. The number of hydrogen-bond donors (Lipinski definition) is 2. The molecule has 15 heavy (non-hydrogen) atoms. The molecule has 0 aliphatic heterocycles. The van der Waals surface area contributed by atoms with E-state index in [0.717, 1.165) is 18.4 Å². The second-order valence-electron chi connectivity index (χ2n) is 3.52. The second-order valence-corrected chi connectivity index (χ2v) is 3.52. The predicted octanol–water partition coefficient (Wildman–Crippen LogP) is 2.59. The molecule has 0 aliphatic rings. The Morgan fingerprint density at radius 3 is 2.73 bits per heavy atom. The molecule has 0 bridgehead atoms. The van der Waals surface area contributed by atoms with Crippen molar-refractivity contribution < 1.29 is 9.84 Å². The van der Waals surface area contributed by atoms with Gasteiger partial charge in [-0.05, 0) is 19.4 Å². The third kappa shape index (κ3) is 2.86. The molecule has 0 fully saturated rings. The minimum atomic E-state index is -0.115. The van der Waals surface area contributed by atoms with Gasteiger partial charge in [-0.15, -0.1) is 0 Å². The average molecular weight is 209 g/mol. The van der Waals surface area contributed by atoms with Crippen molar-refractivity contribution in [3.63, 3.8) is 0 Å². The van der Waals surface area contributed by atoms with E-state index in [1.165, 1.54) is 0 Å². The molecule has 3 N–H and O–H groups in total. The van der Waals surface area contributed by atoms with Gasteiger partial charge in [-0.2, -0.15) is 0 Å². The third-order valence-corrected chi connectivity index (χ3v) is 2.33. The Hall–Kier alpha value is -1.22. The van der Waals surface area contributed by atoms with Gasteiger partial charge in [0.25, 0.3) is 0 Å². The highest BCUT2D eigenvalue weighted by atomic mass is 16.5. The predicted molar refractivity (Wildman–Crippen MR) is 61.1 cm³/mol. The highest BCUT2D eigenvalue weighted by Crippen LogP contribution is 2.34. The molecule has 0 amide bonds. The van der Waals surface area contributed by atoms with Crippen molar-refractivity contribution in [2.24, 2.45) is 5.73 Å². The normalized spacial score (nSPS) is 12.5. The van der Waals surface area contributed by atoms with Crippen molar-refractivity contribution in [1.82, 2.24) is 0 Å². The molecule has 0 heterocycles. The van der Waals surface area contributed by atoms with E-state index in [-0.39, 0.29) is 11.8 Å². The summed E-state index contributed by atoms with van der Waals surface area (Å²) < 4.78 is 5.30. The number of nitrogens with two attached hydrogens (primary N) is 1. The molecule has 0 aliphatic carbocycles. The summed E-state index contributed by atoms with van der Waals surface area (Å²) in [6.07, 6.45) is 1.86. The Morgan fingerprint density at radius 1 is 1.40 bits per heavy atom. The van der Waals surface area contributed by atoms with Gasteiger partial charge in [0, 0.05) is 11.6 Å². The topological polar surface area (TPSA) is 55.5 Å². The highest BCUT2D eigenvalue weighted by Gasteiger charge is 2.13. The summed E-state index contributed by atoms with van der Waals surface area (Å²) in [7, 11) is 0. The van der Waals surface area contributed by atoms with Gasteiger partial charge in [-0.3, -0.25) is 0 Å². The average Bonchev–Trinajstić information content (AvgIpc) is 2.22. The van der Waals surface area contributed by atoms with Crippen molar-refractivity contribution >= 4 is 0 Å². The number of rotatable bonds is 5. The summed E-state index contributed by atoms with van der Waals surface area (Å²) >= 11 is 0. The fourth-order valence-electron chi connectivity index (χ4n) is 1.58. The Labute approximate surface area is 90.9 Å². The second kappa shape index (κ2) is 5.61. The van der Waals surface area contributed by atoms with Crippen LogP contribution in [-0.2, 0) is 0 Å². The summed E-state index contributed by atoms with van der Waals surface area (Å²) in [6, 6.07) is 5.34. The van der Waals surface area contributed by atoms with Crippen LogP contribution < -0.4 is 10.5 Å². The first-order valence-corrected chi connectivity index (χ1v) is 5.40. The maximum absolute atomic E-state index is 9.91. The van der Waals surface area contributed by atoms with Crippen LogP contribution in [0, 0.1) is 0 Å². The largest absolute Gasteiger partial charge is 0.504 e. The molecule has 3 nitrogen and oxygen atoms in total. The Bertz CT molecular complexity index is 312. The summed E-state index contributed by atoms with van der Waals surface area (Å²) in [5.41, 5.74) is 6.72. The van der Waals surface area contributed by atoms with Crippen LogP contribution in [-0.4, -0.2) is 11.7 Å². The van der Waals surface area contributed by atoms with Crippen molar-refractivity contribution in [1.29, 1.82) is 0 Å². The van der Waals surface area contributed by atoms with Crippen molar-refractivity contribution in [3.05, 3.63) is 23.8 Å². The van der Waals surface area contributed by atoms with Crippen LogP contribution in [0.2, 0.25) is 0 Å². The van der Waals surface area contributed by atoms with E-state index in [1.54, 1.807) is 6.07 Å². The van der Waals surface area contributed by atoms with Gasteiger partial charge in [0.15, 0.2) is 11.5 Å². The molecule has 0 aromatic heterocycles. The number of hydrogen-bond acceptors (Lipinski definition) is 3. The van der Waals surface area contributed by atoms with E-state index in [4.69, 9.17) is 10.5 Å². The van der Waals surface area contributed by atoms with E-state index in [2.05, 4.69) is 6.92 Å². The Morgan fingerprint density at radius 2 is 2.13 bits per heavy atom. The van der Waals surface area contributed by atoms with E-state index >= 15 is 0 Å². The first-order chi connectivity index (χ1) is 7.20. The first-order valence-electron chi connectivity index (χ1n) is 5.40. The molecule has 0 saturated carbocycles. The molecule has 0 spiro atoms. The molecule has 1 rings (SSSR count). The number of phenols is 1. The van der Waals surface area contributed by atoms with Crippen LogP contribution in [0.4, 0.5) is 0 Å². The molecule has 1 aromatic rings. The van der Waals surface area contributed by atoms with Crippen LogP contribution in [0.3, 0.4) is 0 Å². The van der Waals surface area contributed by atoms with Gasteiger partial charge >= 0.3 is 0 Å². The van der Waals surface area contributed by atoms with Crippen molar-refractivity contribution in [2.45, 2.75) is 32.7 Å². The lowest BCUT2D eigenvalue weighted by molar-refractivity contribution is 0.315. The SMILES string of the molecule is CCC[C@H](N)c1cccc(OCC)c1O. The molecular weight excluding hydrogens is 190 g/mol. The summed E-state index contributed by atoms with van der Waals surface area (Å²) in [4.78, 5) is 0. The van der Waals surface area contributed by atoms with Gasteiger partial charge in [-0.1, -0.05) is 25.5 Å². The highest BCUT2D eigenvalue weighted by molar-refractivity contribution is 5.46. The third-order valence-electron chi connectivity index (χ3n) is 2.33. The van der Waals surface area contributed by atoms with Crippen LogP contribution in [0.1, 0.15) is 38.3 Å². The monoisotopic (exact) mass is 209 g/mol. The summed E-state index contributed by atoms with van der Waals surface area (Å²) in [5.74, 6) is 0.696. The molecule has 0 saturated heterocycles. The Balaban J connectivity index is 2.92. The van der Waals surface area contributed by atoms with E-state index < -0.39 is 0 Å². The van der Waals surface area contributed by atoms with Gasteiger partial charge < -0.3 is 15.6 Å². The number of ether oxygens (including phenoxy) is 1. The molecule has 1 atom stereocenters. The quantitative estimate of drug-likeness (QED) is 0.783. The number of para-hydroxylation sites is 1. The zero-order chi connectivity index (χ0) is 11.3. The zero-order valence-corrected chi connectivity index (χ0v) is 9.36. The lowest BCUT2D eigenvalue weighted by Crippen LogP contribution is -2.10. The lowest BCUT2D eigenvalue weighted by atomic mass is 10.0. The number of aromatic hydroxyl groups is 1. The maximum Gasteiger partial charge on any atom is 0.162 e. The van der Waals surface area contributed by atoms with Crippen molar-refractivity contribution in [3.8, 4) is 11.5 Å². The number of phenolic OH excluding ortho intramolecular Hbond substituents is 1. The van der Waals surface area contributed by atoms with Gasteiger partial charge in [0.2, 0.25) is 0 Å². The summed E-state index contributed by atoms with van der Waals surface area (Å²) in [6.45, 7) is 4.50. The molecular formula is C12H19NO2. The Kier molecular flexibility index (Phi) is 4.43. The van der Waals surface area contributed by atoms with Crippen molar-refractivity contribution in [2.75, 3.05) is 6.61 Å². The maximum atomic E-state index is 9.91. The van der Waals surface area contributed by atoms with Crippen LogP contribution in [0.5, 0.6) is 11.5 Å². The number of benzene rings is 1. The van der Waals surface area contributed by atoms with Crippen LogP contribution >= 0.6 is 0 Å². The van der Waals surface area contributed by atoms with Crippen LogP contribution in [0.25, 0.3) is 0 Å². The molecule has 1 aromatic carbocycles. The van der Waals surface area contributed by atoms with Gasteiger partial charge in [-0.25, -0.2) is 0 Å². The molecule has 3 heteroatoms. The molecule has 0 radical (unpaired) electrons. The standard InChI is InChI=1S/C12H19NO2/c1-3-6-10(13)9-7-5-8-11(12(9)14)15-4-2/h5,7-8,10,14H,3-4,6,13H2,1-2H3/t10-/m0/s1. The van der Waals surface area contributed by atoms with Gasteiger partial charge in [0.1, 0.15) is 0 Å². The van der Waals surface area contributed by atoms with E-state index in [9.17, 15) is 5.11 Å². The fraction of sp³-hybridized carbons (Fsp3) is 0.500.